The topological polar surface area (TPSA) is 0 Å². The third-order valence-electron chi connectivity index (χ3n) is 2.08. The van der Waals surface area contributed by atoms with Gasteiger partial charge in [0.2, 0.25) is 0 Å². The van der Waals surface area contributed by atoms with Crippen LogP contribution >= 0.6 is 11.6 Å². The number of rotatable bonds is 1. The molecule has 0 aromatic heterocycles. The lowest BCUT2D eigenvalue weighted by Gasteiger charge is -2.01. The summed E-state index contributed by atoms with van der Waals surface area (Å²) in [7, 11) is 0. The second-order valence-corrected chi connectivity index (χ2v) is 3.54. The highest BCUT2D eigenvalue weighted by molar-refractivity contribution is 6.31. The summed E-state index contributed by atoms with van der Waals surface area (Å²) < 4.78 is 0. The molecule has 1 heteroatoms. The van der Waals surface area contributed by atoms with Crippen LogP contribution in [0.2, 0.25) is 5.02 Å². The van der Waals surface area contributed by atoms with E-state index in [-0.39, 0.29) is 0 Å². The minimum atomic E-state index is 0.726. The standard InChI is InChI=1S/C10H10Cl/c1-7-2-5-10(11)9(6-7)8-3-4-8/h2,5-6,8H,1,3-4H2. The highest BCUT2D eigenvalue weighted by Gasteiger charge is 2.25. The van der Waals surface area contributed by atoms with Crippen LogP contribution in [0.3, 0.4) is 0 Å². The lowest BCUT2D eigenvalue weighted by molar-refractivity contribution is 1.13. The molecule has 1 aromatic carbocycles. The summed E-state index contributed by atoms with van der Waals surface area (Å²) in [6, 6.07) is 5.99. The van der Waals surface area contributed by atoms with Crippen molar-refractivity contribution in [2.45, 2.75) is 18.8 Å². The molecule has 1 aliphatic rings. The molecule has 0 saturated heterocycles. The van der Waals surface area contributed by atoms with Gasteiger partial charge in [0.15, 0.2) is 0 Å². The summed E-state index contributed by atoms with van der Waals surface area (Å²) in [5.74, 6) is 0.726. The summed E-state index contributed by atoms with van der Waals surface area (Å²) >= 11 is 6.00. The van der Waals surface area contributed by atoms with Crippen LogP contribution in [0.15, 0.2) is 18.2 Å². The zero-order valence-corrected chi connectivity index (χ0v) is 7.06. The van der Waals surface area contributed by atoms with Gasteiger partial charge in [-0.3, -0.25) is 0 Å². The van der Waals surface area contributed by atoms with Crippen LogP contribution in [0.25, 0.3) is 0 Å². The van der Waals surface area contributed by atoms with E-state index in [4.69, 9.17) is 11.6 Å². The van der Waals surface area contributed by atoms with Crippen molar-refractivity contribution >= 4 is 11.6 Å². The smallest absolute Gasteiger partial charge is 0.0441 e. The monoisotopic (exact) mass is 165 g/mol. The van der Waals surface area contributed by atoms with Gasteiger partial charge in [0.1, 0.15) is 0 Å². The van der Waals surface area contributed by atoms with Crippen LogP contribution in [-0.4, -0.2) is 0 Å². The van der Waals surface area contributed by atoms with Gasteiger partial charge in [0, 0.05) is 5.02 Å². The van der Waals surface area contributed by atoms with E-state index in [2.05, 4.69) is 13.0 Å². The van der Waals surface area contributed by atoms with Crippen molar-refractivity contribution in [3.05, 3.63) is 41.3 Å². The number of hydrogen-bond acceptors (Lipinski definition) is 0. The molecule has 1 saturated carbocycles. The Morgan fingerprint density at radius 2 is 2.09 bits per heavy atom. The van der Waals surface area contributed by atoms with Crippen LogP contribution in [-0.2, 0) is 0 Å². The van der Waals surface area contributed by atoms with Crippen LogP contribution in [0, 0.1) is 6.92 Å². The molecule has 0 spiro atoms. The van der Waals surface area contributed by atoms with E-state index in [1.54, 1.807) is 0 Å². The molecule has 1 radical (unpaired) electrons. The quantitative estimate of drug-likeness (QED) is 0.599. The van der Waals surface area contributed by atoms with Crippen LogP contribution < -0.4 is 0 Å². The average Bonchev–Trinajstić information content (AvgIpc) is 2.76. The molecular weight excluding hydrogens is 156 g/mol. The summed E-state index contributed by atoms with van der Waals surface area (Å²) in [5.41, 5.74) is 2.36. The first-order valence-corrected chi connectivity index (χ1v) is 4.26. The Kier molecular flexibility index (Phi) is 1.65. The number of benzene rings is 1. The second-order valence-electron chi connectivity index (χ2n) is 3.13. The van der Waals surface area contributed by atoms with Crippen molar-refractivity contribution in [1.29, 1.82) is 0 Å². The average molecular weight is 166 g/mol. The summed E-state index contributed by atoms with van der Waals surface area (Å²) in [5, 5.41) is 0.903. The van der Waals surface area contributed by atoms with Gasteiger partial charge in [0.05, 0.1) is 0 Å². The molecule has 0 amide bonds. The van der Waals surface area contributed by atoms with Crippen molar-refractivity contribution in [1.82, 2.24) is 0 Å². The van der Waals surface area contributed by atoms with E-state index in [9.17, 15) is 0 Å². The minimum absolute atomic E-state index is 0.726. The van der Waals surface area contributed by atoms with E-state index in [1.165, 1.54) is 18.4 Å². The molecule has 57 valence electrons. The third kappa shape index (κ3) is 1.41. The molecule has 1 fully saturated rings. The lowest BCUT2D eigenvalue weighted by Crippen LogP contribution is -1.82. The summed E-state index contributed by atoms with van der Waals surface area (Å²) in [6.45, 7) is 3.87. The fraction of sp³-hybridized carbons (Fsp3) is 0.300. The zero-order chi connectivity index (χ0) is 7.84. The van der Waals surface area contributed by atoms with Crippen LogP contribution in [0.4, 0.5) is 0 Å². The first kappa shape index (κ1) is 7.17. The molecular formula is C10H10Cl. The molecule has 0 heterocycles. The molecule has 1 aliphatic carbocycles. The SMILES string of the molecule is [CH2]c1ccc(Cl)c(C2CC2)c1. The molecule has 11 heavy (non-hydrogen) atoms. The van der Waals surface area contributed by atoms with Gasteiger partial charge in [-0.05, 0) is 42.9 Å². The fourth-order valence-corrected chi connectivity index (χ4v) is 1.57. The van der Waals surface area contributed by atoms with Crippen LogP contribution in [0.1, 0.15) is 29.9 Å². The highest BCUT2D eigenvalue weighted by atomic mass is 35.5. The van der Waals surface area contributed by atoms with Crippen molar-refractivity contribution in [2.24, 2.45) is 0 Å². The van der Waals surface area contributed by atoms with E-state index in [0.717, 1.165) is 16.5 Å². The Bertz CT molecular complexity index is 274. The van der Waals surface area contributed by atoms with Gasteiger partial charge in [-0.25, -0.2) is 0 Å². The highest BCUT2D eigenvalue weighted by Crippen LogP contribution is 2.43. The van der Waals surface area contributed by atoms with Gasteiger partial charge < -0.3 is 0 Å². The van der Waals surface area contributed by atoms with Crippen molar-refractivity contribution in [3.63, 3.8) is 0 Å². The van der Waals surface area contributed by atoms with Crippen molar-refractivity contribution in [2.75, 3.05) is 0 Å². The lowest BCUT2D eigenvalue weighted by atomic mass is 10.1. The van der Waals surface area contributed by atoms with Crippen LogP contribution in [0.5, 0.6) is 0 Å². The number of hydrogen-bond donors (Lipinski definition) is 0. The third-order valence-corrected chi connectivity index (χ3v) is 2.42. The van der Waals surface area contributed by atoms with Crippen molar-refractivity contribution in [3.8, 4) is 0 Å². The predicted octanol–water partition coefficient (Wildman–Crippen LogP) is 3.40. The Hall–Kier alpha value is -0.490. The van der Waals surface area contributed by atoms with Gasteiger partial charge in [-0.15, -0.1) is 0 Å². The molecule has 0 atom stereocenters. The number of halogens is 1. The maximum Gasteiger partial charge on any atom is 0.0441 e. The minimum Gasteiger partial charge on any atom is -0.0840 e. The zero-order valence-electron chi connectivity index (χ0n) is 6.31. The fourth-order valence-electron chi connectivity index (χ4n) is 1.30. The van der Waals surface area contributed by atoms with Gasteiger partial charge in [-0.1, -0.05) is 23.7 Å². The van der Waals surface area contributed by atoms with E-state index in [1.807, 2.05) is 12.1 Å². The first-order chi connectivity index (χ1) is 5.27. The first-order valence-electron chi connectivity index (χ1n) is 3.89. The normalized spacial score (nSPS) is 16.9. The Balaban J connectivity index is 2.42. The summed E-state index contributed by atoms with van der Waals surface area (Å²) in [4.78, 5) is 0. The molecule has 2 rings (SSSR count). The second kappa shape index (κ2) is 2.53. The molecule has 0 bridgehead atoms. The van der Waals surface area contributed by atoms with E-state index >= 15 is 0 Å². The molecule has 0 N–H and O–H groups in total. The molecule has 1 aromatic rings. The molecule has 0 unspecified atom stereocenters. The van der Waals surface area contributed by atoms with Gasteiger partial charge >= 0.3 is 0 Å². The maximum atomic E-state index is 6.00. The maximum absolute atomic E-state index is 6.00. The van der Waals surface area contributed by atoms with E-state index in [0.29, 0.717) is 0 Å². The Labute approximate surface area is 72.2 Å². The molecule has 0 aliphatic heterocycles. The van der Waals surface area contributed by atoms with E-state index < -0.39 is 0 Å². The predicted molar refractivity (Wildman–Crippen MR) is 47.9 cm³/mol. The largest absolute Gasteiger partial charge is 0.0840 e. The Morgan fingerprint density at radius 3 is 2.73 bits per heavy atom. The van der Waals surface area contributed by atoms with Crippen molar-refractivity contribution < 1.29 is 0 Å². The summed E-state index contributed by atoms with van der Waals surface area (Å²) in [6.07, 6.45) is 2.59. The molecule has 0 nitrogen and oxygen atoms in total. The Morgan fingerprint density at radius 1 is 1.36 bits per heavy atom. The van der Waals surface area contributed by atoms with Gasteiger partial charge in [-0.2, -0.15) is 0 Å². The van der Waals surface area contributed by atoms with Gasteiger partial charge in [0.25, 0.3) is 0 Å².